The third-order valence-corrected chi connectivity index (χ3v) is 2.58. The maximum atomic E-state index is 7.57. The lowest BCUT2D eigenvalue weighted by molar-refractivity contribution is 0.318. The average molecular weight is 234 g/mol. The van der Waals surface area contributed by atoms with E-state index in [2.05, 4.69) is 19.6 Å². The van der Waals surface area contributed by atoms with Crippen molar-refractivity contribution in [3.63, 3.8) is 0 Å². The van der Waals surface area contributed by atoms with Crippen LogP contribution >= 0.6 is 12.6 Å². The van der Waals surface area contributed by atoms with Gasteiger partial charge in [-0.15, -0.1) is 0 Å². The summed E-state index contributed by atoms with van der Waals surface area (Å²) in [6.07, 6.45) is 12.7. The highest BCUT2D eigenvalue weighted by Gasteiger charge is 1.90. The van der Waals surface area contributed by atoms with Crippen molar-refractivity contribution < 1.29 is 5.11 Å². The molecule has 0 amide bonds. The minimum atomic E-state index is 0.250. The summed E-state index contributed by atoms with van der Waals surface area (Å²) in [5.41, 5.74) is 0. The first-order chi connectivity index (χ1) is 7.33. The maximum Gasteiger partial charge on any atom is 0.0402 e. The molecule has 0 unspecified atom stereocenters. The van der Waals surface area contributed by atoms with E-state index < -0.39 is 0 Å². The molecule has 0 saturated carbocycles. The van der Waals surface area contributed by atoms with Crippen LogP contribution in [0.3, 0.4) is 0 Å². The van der Waals surface area contributed by atoms with Crippen LogP contribution in [-0.4, -0.2) is 17.5 Å². The van der Waals surface area contributed by atoms with Gasteiger partial charge in [-0.1, -0.05) is 58.3 Å². The number of hydrogen-bond acceptors (Lipinski definition) is 2. The van der Waals surface area contributed by atoms with Gasteiger partial charge in [0.2, 0.25) is 0 Å². The van der Waals surface area contributed by atoms with Gasteiger partial charge in [-0.25, -0.2) is 0 Å². The smallest absolute Gasteiger partial charge is 0.0402 e. The predicted molar refractivity (Wildman–Crippen MR) is 73.8 cm³/mol. The molecule has 0 saturated heterocycles. The van der Waals surface area contributed by atoms with Gasteiger partial charge in [-0.2, -0.15) is 12.6 Å². The molecule has 1 N–H and O–H groups in total. The maximum absolute atomic E-state index is 7.57. The van der Waals surface area contributed by atoms with Crippen molar-refractivity contribution in [2.45, 2.75) is 71.6 Å². The number of aliphatic hydroxyl groups excluding tert-OH is 1. The Kier molecular flexibility index (Phi) is 23.4. The Hall–Kier alpha value is 0.310. The van der Waals surface area contributed by atoms with E-state index in [1.807, 2.05) is 0 Å². The van der Waals surface area contributed by atoms with Crippen molar-refractivity contribution >= 4 is 12.6 Å². The quantitative estimate of drug-likeness (QED) is 0.446. The lowest BCUT2D eigenvalue weighted by Gasteiger charge is -1.99. The Morgan fingerprint density at radius 2 is 1.07 bits per heavy atom. The Labute approximate surface area is 102 Å². The molecule has 0 aliphatic heterocycles. The molecule has 15 heavy (non-hydrogen) atoms. The molecule has 0 aliphatic rings. The lowest BCUT2D eigenvalue weighted by Crippen LogP contribution is -1.81. The molecule has 0 aromatic rings. The Balaban J connectivity index is 0. The van der Waals surface area contributed by atoms with Crippen molar-refractivity contribution in [1.82, 2.24) is 0 Å². The molecule has 0 fully saturated rings. The summed E-state index contributed by atoms with van der Waals surface area (Å²) in [6, 6.07) is 0. The molecule has 2 heteroatoms. The van der Waals surface area contributed by atoms with E-state index in [1.165, 1.54) is 57.8 Å². The molecule has 0 aliphatic carbocycles. The van der Waals surface area contributed by atoms with Crippen LogP contribution in [0.25, 0.3) is 0 Å². The number of hydrogen-bond donors (Lipinski definition) is 2. The average Bonchev–Trinajstić information content (AvgIpc) is 2.23. The first-order valence-electron chi connectivity index (χ1n) is 6.55. The third kappa shape index (κ3) is 25.0. The summed E-state index contributed by atoms with van der Waals surface area (Å²) in [6.45, 7) is 4.20. The van der Waals surface area contributed by atoms with Crippen LogP contribution < -0.4 is 0 Å². The molecule has 1 nitrogen and oxygen atoms in total. The summed E-state index contributed by atoms with van der Waals surface area (Å²) in [5.74, 6) is 1.07. The predicted octanol–water partition coefficient (Wildman–Crippen LogP) is 4.45. The van der Waals surface area contributed by atoms with Gasteiger partial charge in [0.25, 0.3) is 0 Å². The Bertz CT molecular complexity index is 76.6. The molecule has 0 bridgehead atoms. The summed E-state index contributed by atoms with van der Waals surface area (Å²) < 4.78 is 0. The van der Waals surface area contributed by atoms with E-state index in [0.717, 1.165) is 5.75 Å². The second-order valence-corrected chi connectivity index (χ2v) is 4.32. The van der Waals surface area contributed by atoms with Crippen LogP contribution in [0, 0.1) is 0 Å². The Morgan fingerprint density at radius 3 is 1.40 bits per heavy atom. The molecular formula is C13H30OS. The molecule has 0 radical (unpaired) electrons. The topological polar surface area (TPSA) is 20.2 Å². The van der Waals surface area contributed by atoms with Gasteiger partial charge in [-0.3, -0.25) is 0 Å². The summed E-state index contributed by atoms with van der Waals surface area (Å²) >= 11 is 4.19. The van der Waals surface area contributed by atoms with Crippen LogP contribution in [0.4, 0.5) is 0 Å². The molecule has 0 heterocycles. The SMILES string of the molecule is CCCCCCCCCCCS.CCO. The molecule has 0 rings (SSSR count). The van der Waals surface area contributed by atoms with E-state index in [0.29, 0.717) is 0 Å². The highest BCUT2D eigenvalue weighted by atomic mass is 32.1. The minimum absolute atomic E-state index is 0.250. The Morgan fingerprint density at radius 1 is 0.733 bits per heavy atom. The molecular weight excluding hydrogens is 204 g/mol. The fraction of sp³-hybridized carbons (Fsp3) is 1.00. The second-order valence-electron chi connectivity index (χ2n) is 3.87. The van der Waals surface area contributed by atoms with E-state index in [-0.39, 0.29) is 6.61 Å². The molecule has 0 atom stereocenters. The standard InChI is InChI=1S/C11H24S.C2H6O/c1-2-3-4-5-6-7-8-9-10-11-12;1-2-3/h12H,2-11H2,1H3;3H,2H2,1H3. The van der Waals surface area contributed by atoms with Crippen molar-refractivity contribution in [2.75, 3.05) is 12.4 Å². The van der Waals surface area contributed by atoms with E-state index in [9.17, 15) is 0 Å². The van der Waals surface area contributed by atoms with Crippen LogP contribution in [0.2, 0.25) is 0 Å². The van der Waals surface area contributed by atoms with Crippen LogP contribution in [0.15, 0.2) is 0 Å². The molecule has 0 spiro atoms. The van der Waals surface area contributed by atoms with Gasteiger partial charge in [0.05, 0.1) is 0 Å². The minimum Gasteiger partial charge on any atom is -0.397 e. The fourth-order valence-corrected chi connectivity index (χ4v) is 1.65. The first kappa shape index (κ1) is 17.7. The van der Waals surface area contributed by atoms with Crippen molar-refractivity contribution in [2.24, 2.45) is 0 Å². The van der Waals surface area contributed by atoms with Gasteiger partial charge in [0, 0.05) is 6.61 Å². The van der Waals surface area contributed by atoms with Crippen molar-refractivity contribution in [1.29, 1.82) is 0 Å². The number of aliphatic hydroxyl groups is 1. The van der Waals surface area contributed by atoms with Crippen LogP contribution in [-0.2, 0) is 0 Å². The van der Waals surface area contributed by atoms with Crippen LogP contribution in [0.1, 0.15) is 71.6 Å². The second kappa shape index (κ2) is 19.8. The molecule has 0 aromatic heterocycles. The monoisotopic (exact) mass is 234 g/mol. The molecule has 0 aromatic carbocycles. The summed E-state index contributed by atoms with van der Waals surface area (Å²) in [5, 5.41) is 7.57. The van der Waals surface area contributed by atoms with Gasteiger partial charge in [-0.05, 0) is 19.1 Å². The zero-order valence-corrected chi connectivity index (χ0v) is 11.6. The van der Waals surface area contributed by atoms with Gasteiger partial charge in [0.1, 0.15) is 0 Å². The van der Waals surface area contributed by atoms with E-state index >= 15 is 0 Å². The summed E-state index contributed by atoms with van der Waals surface area (Å²) in [7, 11) is 0. The highest BCUT2D eigenvalue weighted by Crippen LogP contribution is 2.09. The summed E-state index contributed by atoms with van der Waals surface area (Å²) in [4.78, 5) is 0. The number of unbranched alkanes of at least 4 members (excludes halogenated alkanes) is 8. The highest BCUT2D eigenvalue weighted by molar-refractivity contribution is 7.80. The van der Waals surface area contributed by atoms with E-state index in [1.54, 1.807) is 6.92 Å². The van der Waals surface area contributed by atoms with Gasteiger partial charge in [0.15, 0.2) is 0 Å². The first-order valence-corrected chi connectivity index (χ1v) is 7.18. The van der Waals surface area contributed by atoms with Crippen molar-refractivity contribution in [3.8, 4) is 0 Å². The van der Waals surface area contributed by atoms with Gasteiger partial charge >= 0.3 is 0 Å². The number of rotatable bonds is 9. The zero-order chi connectivity index (χ0) is 11.8. The van der Waals surface area contributed by atoms with Crippen molar-refractivity contribution in [3.05, 3.63) is 0 Å². The zero-order valence-electron chi connectivity index (χ0n) is 10.7. The third-order valence-electron chi connectivity index (χ3n) is 2.26. The van der Waals surface area contributed by atoms with Gasteiger partial charge < -0.3 is 5.11 Å². The lowest BCUT2D eigenvalue weighted by atomic mass is 10.1. The largest absolute Gasteiger partial charge is 0.397 e. The van der Waals surface area contributed by atoms with Crippen LogP contribution in [0.5, 0.6) is 0 Å². The van der Waals surface area contributed by atoms with E-state index in [4.69, 9.17) is 5.11 Å². The fourth-order valence-electron chi connectivity index (χ4n) is 1.42. The number of thiol groups is 1. The molecule has 94 valence electrons. The normalized spacial score (nSPS) is 9.60.